The molecule has 0 radical (unpaired) electrons. The van der Waals surface area contributed by atoms with Crippen LogP contribution in [0.25, 0.3) is 0 Å². The Balaban J connectivity index is 0.000000287. The highest BCUT2D eigenvalue weighted by molar-refractivity contribution is 5.23. The molecule has 0 aromatic heterocycles. The van der Waals surface area contributed by atoms with Gasteiger partial charge in [-0.05, 0) is 133 Å². The predicted molar refractivity (Wildman–Crippen MR) is 197 cm³/mol. The lowest BCUT2D eigenvalue weighted by molar-refractivity contribution is 0.395. The number of hydrogen-bond acceptors (Lipinski definition) is 0. The van der Waals surface area contributed by atoms with Crippen molar-refractivity contribution in [2.75, 3.05) is 0 Å². The Morgan fingerprint density at radius 3 is 2.07 bits per heavy atom. The Morgan fingerprint density at radius 2 is 1.51 bits per heavy atom. The summed E-state index contributed by atoms with van der Waals surface area (Å²) < 4.78 is 0. The van der Waals surface area contributed by atoms with Crippen molar-refractivity contribution in [1.29, 1.82) is 0 Å². The fourth-order valence-corrected chi connectivity index (χ4v) is 6.65. The summed E-state index contributed by atoms with van der Waals surface area (Å²) in [5.74, 6) is 5.10. The van der Waals surface area contributed by atoms with E-state index in [1.165, 1.54) is 75.3 Å². The van der Waals surface area contributed by atoms with Crippen LogP contribution in [0.3, 0.4) is 0 Å². The van der Waals surface area contributed by atoms with E-state index in [9.17, 15) is 0 Å². The average molecular weight is 587 g/mol. The van der Waals surface area contributed by atoms with Gasteiger partial charge in [-0.25, -0.2) is 0 Å². The summed E-state index contributed by atoms with van der Waals surface area (Å²) in [7, 11) is 0. The first-order valence-electron chi connectivity index (χ1n) is 17.9. The first-order valence-corrected chi connectivity index (χ1v) is 17.9. The highest BCUT2D eigenvalue weighted by Gasteiger charge is 2.16. The van der Waals surface area contributed by atoms with Gasteiger partial charge >= 0.3 is 0 Å². The van der Waals surface area contributed by atoms with Crippen molar-refractivity contribution < 1.29 is 0 Å². The quantitative estimate of drug-likeness (QED) is 0.279. The van der Waals surface area contributed by atoms with Gasteiger partial charge in [0.1, 0.15) is 0 Å². The molecule has 0 saturated heterocycles. The summed E-state index contributed by atoms with van der Waals surface area (Å²) in [6.45, 7) is 22.4. The monoisotopic (exact) mass is 587 g/mol. The van der Waals surface area contributed by atoms with Gasteiger partial charge in [0.2, 0.25) is 0 Å². The molecule has 0 saturated carbocycles. The van der Waals surface area contributed by atoms with Crippen LogP contribution in [-0.4, -0.2) is 0 Å². The van der Waals surface area contributed by atoms with Gasteiger partial charge in [0.15, 0.2) is 0 Å². The van der Waals surface area contributed by atoms with E-state index in [0.717, 1.165) is 41.9 Å². The molecular formula is C43H70. The molecular weight excluding hydrogens is 516 g/mol. The van der Waals surface area contributed by atoms with Crippen LogP contribution in [0.2, 0.25) is 0 Å². The second kappa shape index (κ2) is 23.3. The third-order valence-corrected chi connectivity index (χ3v) is 9.21. The maximum absolute atomic E-state index is 2.50. The Bertz CT molecular complexity index is 999. The van der Waals surface area contributed by atoms with Gasteiger partial charge in [0.05, 0.1) is 0 Å². The van der Waals surface area contributed by atoms with E-state index in [2.05, 4.69) is 142 Å². The van der Waals surface area contributed by atoms with Gasteiger partial charge in [-0.3, -0.25) is 0 Å². The molecule has 6 unspecified atom stereocenters. The third kappa shape index (κ3) is 18.4. The van der Waals surface area contributed by atoms with Gasteiger partial charge < -0.3 is 0 Å². The van der Waals surface area contributed by atoms with Gasteiger partial charge in [-0.2, -0.15) is 0 Å². The second-order valence-electron chi connectivity index (χ2n) is 13.9. The van der Waals surface area contributed by atoms with Crippen molar-refractivity contribution >= 4 is 0 Å². The largest absolute Gasteiger partial charge is 0.0913 e. The molecule has 0 aliphatic heterocycles. The fraction of sp³-hybridized carbons (Fsp3) is 0.628. The van der Waals surface area contributed by atoms with Crippen LogP contribution in [0.5, 0.6) is 0 Å². The van der Waals surface area contributed by atoms with Crippen molar-refractivity contribution in [2.45, 2.75) is 140 Å². The topological polar surface area (TPSA) is 0 Å². The predicted octanol–water partition coefficient (Wildman–Crippen LogP) is 13.8. The lowest BCUT2D eigenvalue weighted by Crippen LogP contribution is -2.10. The van der Waals surface area contributed by atoms with E-state index in [4.69, 9.17) is 0 Å². The average Bonchev–Trinajstić information content (AvgIpc) is 2.96. The van der Waals surface area contributed by atoms with Crippen LogP contribution in [0.4, 0.5) is 0 Å². The maximum Gasteiger partial charge on any atom is -0.00533 e. The Hall–Kier alpha value is -2.08. The minimum absolute atomic E-state index is 0.723. The maximum atomic E-state index is 2.50. The lowest BCUT2D eigenvalue weighted by Gasteiger charge is -2.24. The Morgan fingerprint density at radius 1 is 0.791 bits per heavy atom. The number of allylic oxidation sites excluding steroid dienone is 10. The van der Waals surface area contributed by atoms with E-state index in [1.807, 2.05) is 0 Å². The van der Waals surface area contributed by atoms with Crippen LogP contribution < -0.4 is 0 Å². The standard InChI is InChI=1S/2C11H20.C11H14.C10H16/c1-4-5-11-7-9(2)6-10(3)8-11;1-4-5-11-7-6-9(2)10(3)8-11;1-3-4-7-11-8-5-6-10(2)9-11;1-3-4-10-7-5-9(2)6-8-10/h7,10-11H,4-6,8H2,1-3H3;8-9,11H,4-7H2,1-3H3;3-6,8-9H,7H2,1-2H3;3-5,7,9-10H,6,8H2,1-2H3/b;;2*4-3+. The molecule has 1 aromatic carbocycles. The molecule has 0 spiro atoms. The minimum atomic E-state index is 0.723. The number of hydrogen-bond donors (Lipinski definition) is 0. The Kier molecular flexibility index (Phi) is 21.1. The fourth-order valence-electron chi connectivity index (χ4n) is 6.65. The van der Waals surface area contributed by atoms with E-state index in [-0.39, 0.29) is 0 Å². The van der Waals surface area contributed by atoms with Crippen LogP contribution >= 0.6 is 0 Å². The first kappa shape index (κ1) is 38.9. The Labute approximate surface area is 269 Å². The summed E-state index contributed by atoms with van der Waals surface area (Å²) in [6.07, 6.45) is 33.1. The molecule has 0 N–H and O–H groups in total. The highest BCUT2D eigenvalue weighted by Crippen LogP contribution is 2.31. The molecule has 0 heteroatoms. The van der Waals surface area contributed by atoms with Crippen LogP contribution in [-0.2, 0) is 6.42 Å². The van der Waals surface area contributed by atoms with E-state index in [1.54, 1.807) is 11.1 Å². The van der Waals surface area contributed by atoms with Crippen LogP contribution in [0.1, 0.15) is 138 Å². The molecule has 242 valence electrons. The SMILES string of the molecule is C/C=C/C1C=CC(C)CC1.C/C=C/Cc1cccc(C)c1.CCCC1C=C(C)C(C)CC1.CCCC1C=C(C)CC(C)C1. The summed E-state index contributed by atoms with van der Waals surface area (Å²) >= 11 is 0. The number of rotatable bonds is 7. The van der Waals surface area contributed by atoms with Crippen LogP contribution in [0, 0.1) is 42.4 Å². The van der Waals surface area contributed by atoms with Crippen molar-refractivity contribution in [3.63, 3.8) is 0 Å². The van der Waals surface area contributed by atoms with Crippen molar-refractivity contribution in [1.82, 2.24) is 0 Å². The molecule has 0 heterocycles. The van der Waals surface area contributed by atoms with Gasteiger partial charge in [0.25, 0.3) is 0 Å². The highest BCUT2D eigenvalue weighted by atomic mass is 14.2. The van der Waals surface area contributed by atoms with Gasteiger partial charge in [-0.1, -0.05) is 137 Å². The lowest BCUT2D eigenvalue weighted by atomic mass is 9.82. The van der Waals surface area contributed by atoms with Gasteiger partial charge in [0, 0.05) is 0 Å². The first-order chi connectivity index (χ1) is 20.6. The zero-order valence-electron chi connectivity index (χ0n) is 30.2. The summed E-state index contributed by atoms with van der Waals surface area (Å²) in [5, 5.41) is 0. The summed E-state index contributed by atoms with van der Waals surface area (Å²) in [6, 6.07) is 8.61. The second-order valence-corrected chi connectivity index (χ2v) is 13.9. The molecule has 0 bridgehead atoms. The number of benzene rings is 1. The van der Waals surface area contributed by atoms with E-state index >= 15 is 0 Å². The molecule has 0 fully saturated rings. The van der Waals surface area contributed by atoms with Gasteiger partial charge in [-0.15, -0.1) is 0 Å². The van der Waals surface area contributed by atoms with Crippen LogP contribution in [0.15, 0.2) is 84.0 Å². The zero-order chi connectivity index (χ0) is 32.0. The molecule has 6 atom stereocenters. The van der Waals surface area contributed by atoms with Crippen molar-refractivity contribution in [3.05, 3.63) is 95.1 Å². The minimum Gasteiger partial charge on any atom is -0.0913 e. The molecule has 4 rings (SSSR count). The van der Waals surface area contributed by atoms with E-state index < -0.39 is 0 Å². The third-order valence-electron chi connectivity index (χ3n) is 9.21. The summed E-state index contributed by atoms with van der Waals surface area (Å²) in [5.41, 5.74) is 5.96. The number of aryl methyl sites for hydroxylation is 1. The normalized spacial score (nSPS) is 26.7. The molecule has 0 nitrogen and oxygen atoms in total. The molecule has 3 aliphatic rings. The molecule has 1 aromatic rings. The molecule has 3 aliphatic carbocycles. The zero-order valence-corrected chi connectivity index (χ0v) is 30.2. The summed E-state index contributed by atoms with van der Waals surface area (Å²) in [4.78, 5) is 0. The molecule has 43 heavy (non-hydrogen) atoms. The van der Waals surface area contributed by atoms with Crippen molar-refractivity contribution in [3.8, 4) is 0 Å². The van der Waals surface area contributed by atoms with Crippen molar-refractivity contribution in [2.24, 2.45) is 35.5 Å². The van der Waals surface area contributed by atoms with E-state index in [0.29, 0.717) is 0 Å². The molecule has 0 amide bonds. The smallest absolute Gasteiger partial charge is 0.00533 e.